The first-order chi connectivity index (χ1) is 7.15. The summed E-state index contributed by atoms with van der Waals surface area (Å²) in [7, 11) is 0. The Morgan fingerprint density at radius 3 is 2.93 bits per heavy atom. The van der Waals surface area contributed by atoms with E-state index in [2.05, 4.69) is 0 Å². The van der Waals surface area contributed by atoms with Crippen molar-refractivity contribution in [1.29, 1.82) is 0 Å². The van der Waals surface area contributed by atoms with Crippen molar-refractivity contribution < 1.29 is 13.9 Å². The van der Waals surface area contributed by atoms with Gasteiger partial charge in [0.25, 0.3) is 0 Å². The lowest BCUT2D eigenvalue weighted by molar-refractivity contribution is -0.117. The number of ketones is 1. The van der Waals surface area contributed by atoms with E-state index in [4.69, 9.17) is 4.74 Å². The highest BCUT2D eigenvalue weighted by Crippen LogP contribution is 2.25. The van der Waals surface area contributed by atoms with Gasteiger partial charge in [-0.05, 0) is 25.0 Å². The second-order valence-electron chi connectivity index (χ2n) is 3.93. The largest absolute Gasteiger partial charge is 0.490 e. The molecule has 0 aliphatic heterocycles. The van der Waals surface area contributed by atoms with Crippen LogP contribution in [0.3, 0.4) is 0 Å². The molecule has 3 heteroatoms. The molecule has 1 aliphatic rings. The Labute approximate surface area is 88.1 Å². The van der Waals surface area contributed by atoms with E-state index in [1.54, 1.807) is 6.07 Å². The summed E-state index contributed by atoms with van der Waals surface area (Å²) in [5, 5.41) is 0. The first-order valence-electron chi connectivity index (χ1n) is 5.09. The molecule has 1 unspecified atom stereocenters. The van der Waals surface area contributed by atoms with E-state index >= 15 is 0 Å². The molecule has 1 atom stereocenters. The summed E-state index contributed by atoms with van der Waals surface area (Å²) in [5.41, 5.74) is 0.899. The summed E-state index contributed by atoms with van der Waals surface area (Å²) in [6, 6.07) is 4.46. The Morgan fingerprint density at radius 1 is 1.47 bits per heavy atom. The maximum atomic E-state index is 13.0. The van der Waals surface area contributed by atoms with E-state index in [0.29, 0.717) is 18.6 Å². The van der Waals surface area contributed by atoms with Gasteiger partial charge >= 0.3 is 0 Å². The lowest BCUT2D eigenvalue weighted by Gasteiger charge is -2.14. The highest BCUT2D eigenvalue weighted by atomic mass is 19.1. The van der Waals surface area contributed by atoms with Crippen molar-refractivity contribution in [3.63, 3.8) is 0 Å². The molecule has 0 N–H and O–H groups in total. The number of Topliss-reactive ketones (excluding diaryl/α,β-unsaturated/α-hetero) is 1. The fourth-order valence-corrected chi connectivity index (χ4v) is 1.76. The molecule has 1 aliphatic carbocycles. The van der Waals surface area contributed by atoms with Gasteiger partial charge in [-0.1, -0.05) is 6.07 Å². The summed E-state index contributed by atoms with van der Waals surface area (Å²) in [5.74, 6) is 0.476. The number of halogens is 1. The van der Waals surface area contributed by atoms with Crippen LogP contribution in [-0.4, -0.2) is 11.9 Å². The van der Waals surface area contributed by atoms with Crippen molar-refractivity contribution in [2.75, 3.05) is 0 Å². The molecule has 1 aromatic rings. The third-order valence-electron chi connectivity index (χ3n) is 2.64. The van der Waals surface area contributed by atoms with Gasteiger partial charge in [-0.25, -0.2) is 4.39 Å². The second-order valence-corrected chi connectivity index (χ2v) is 3.93. The fourth-order valence-electron chi connectivity index (χ4n) is 1.76. The van der Waals surface area contributed by atoms with E-state index in [1.165, 1.54) is 12.1 Å². The Bertz CT molecular complexity index is 387. The number of carbonyl (C=O) groups is 1. The number of carbonyl (C=O) groups excluding carboxylic acids is 1. The normalized spacial score (nSPS) is 20.7. The van der Waals surface area contributed by atoms with Gasteiger partial charge in [0, 0.05) is 18.9 Å². The first-order valence-corrected chi connectivity index (χ1v) is 5.09. The maximum Gasteiger partial charge on any atom is 0.136 e. The molecule has 0 heterocycles. The number of rotatable bonds is 2. The molecule has 0 bridgehead atoms. The van der Waals surface area contributed by atoms with Gasteiger partial charge in [0.15, 0.2) is 0 Å². The molecule has 1 fully saturated rings. The third-order valence-corrected chi connectivity index (χ3v) is 2.64. The molecule has 2 rings (SSSR count). The SMILES string of the molecule is Cc1ccc(F)cc1OC1CCC(=O)C1. The minimum atomic E-state index is -0.306. The molecule has 1 saturated carbocycles. The summed E-state index contributed by atoms with van der Waals surface area (Å²) < 4.78 is 18.5. The van der Waals surface area contributed by atoms with E-state index in [1.807, 2.05) is 6.92 Å². The van der Waals surface area contributed by atoms with Gasteiger partial charge in [0.1, 0.15) is 23.5 Å². The highest BCUT2D eigenvalue weighted by Gasteiger charge is 2.24. The molecule has 0 saturated heterocycles. The molecule has 1 aromatic carbocycles. The van der Waals surface area contributed by atoms with Crippen LogP contribution in [0.25, 0.3) is 0 Å². The Morgan fingerprint density at radius 2 is 2.27 bits per heavy atom. The monoisotopic (exact) mass is 208 g/mol. The number of aryl methyl sites for hydroxylation is 1. The minimum absolute atomic E-state index is 0.0713. The highest BCUT2D eigenvalue weighted by molar-refractivity contribution is 5.81. The molecule has 0 radical (unpaired) electrons. The van der Waals surface area contributed by atoms with Gasteiger partial charge < -0.3 is 4.74 Å². The van der Waals surface area contributed by atoms with Crippen molar-refractivity contribution in [2.45, 2.75) is 32.3 Å². The zero-order valence-electron chi connectivity index (χ0n) is 8.63. The van der Waals surface area contributed by atoms with Crippen molar-refractivity contribution in [1.82, 2.24) is 0 Å². The van der Waals surface area contributed by atoms with Crippen molar-refractivity contribution >= 4 is 5.78 Å². The van der Waals surface area contributed by atoms with Crippen LogP contribution >= 0.6 is 0 Å². The predicted molar refractivity (Wildman–Crippen MR) is 54.4 cm³/mol. The van der Waals surface area contributed by atoms with E-state index in [-0.39, 0.29) is 17.7 Å². The molecular formula is C12H13FO2. The Kier molecular flexibility index (Phi) is 2.71. The number of ether oxygens (including phenoxy) is 1. The maximum absolute atomic E-state index is 13.0. The number of benzene rings is 1. The first kappa shape index (κ1) is 10.1. The van der Waals surface area contributed by atoms with Gasteiger partial charge in [-0.15, -0.1) is 0 Å². The summed E-state index contributed by atoms with van der Waals surface area (Å²) in [4.78, 5) is 11.0. The summed E-state index contributed by atoms with van der Waals surface area (Å²) >= 11 is 0. The lowest BCUT2D eigenvalue weighted by Crippen LogP contribution is -2.12. The van der Waals surface area contributed by atoms with Gasteiger partial charge in [-0.2, -0.15) is 0 Å². The average Bonchev–Trinajstić information content (AvgIpc) is 2.58. The lowest BCUT2D eigenvalue weighted by atomic mass is 10.2. The second kappa shape index (κ2) is 4.01. The van der Waals surface area contributed by atoms with Crippen molar-refractivity contribution in [3.8, 4) is 5.75 Å². The third kappa shape index (κ3) is 2.35. The van der Waals surface area contributed by atoms with Crippen LogP contribution in [0.4, 0.5) is 4.39 Å². The standard InChI is InChI=1S/C12H13FO2/c1-8-2-3-9(13)6-12(8)15-11-5-4-10(14)7-11/h2-3,6,11H,4-5,7H2,1H3. The fraction of sp³-hybridized carbons (Fsp3) is 0.417. The van der Waals surface area contributed by atoms with Gasteiger partial charge in [0.2, 0.25) is 0 Å². The Hall–Kier alpha value is -1.38. The van der Waals surface area contributed by atoms with Crippen LogP contribution < -0.4 is 4.74 Å². The molecule has 0 amide bonds. The topological polar surface area (TPSA) is 26.3 Å². The zero-order valence-corrected chi connectivity index (χ0v) is 8.63. The molecular weight excluding hydrogens is 195 g/mol. The predicted octanol–water partition coefficient (Wildman–Crippen LogP) is 2.63. The van der Waals surface area contributed by atoms with Crippen LogP contribution in [0.15, 0.2) is 18.2 Å². The van der Waals surface area contributed by atoms with Crippen LogP contribution in [0.1, 0.15) is 24.8 Å². The number of hydrogen-bond acceptors (Lipinski definition) is 2. The molecule has 15 heavy (non-hydrogen) atoms. The Balaban J connectivity index is 2.10. The summed E-state index contributed by atoms with van der Waals surface area (Å²) in [6.07, 6.45) is 1.71. The van der Waals surface area contributed by atoms with Crippen LogP contribution in [0, 0.1) is 12.7 Å². The number of hydrogen-bond donors (Lipinski definition) is 0. The van der Waals surface area contributed by atoms with Crippen LogP contribution in [-0.2, 0) is 4.79 Å². The van der Waals surface area contributed by atoms with E-state index in [0.717, 1.165) is 12.0 Å². The van der Waals surface area contributed by atoms with Gasteiger partial charge in [0.05, 0.1) is 0 Å². The van der Waals surface area contributed by atoms with Gasteiger partial charge in [-0.3, -0.25) is 4.79 Å². The average molecular weight is 208 g/mol. The van der Waals surface area contributed by atoms with E-state index in [9.17, 15) is 9.18 Å². The van der Waals surface area contributed by atoms with Crippen molar-refractivity contribution in [2.24, 2.45) is 0 Å². The molecule has 2 nitrogen and oxygen atoms in total. The minimum Gasteiger partial charge on any atom is -0.490 e. The molecule has 0 aromatic heterocycles. The van der Waals surface area contributed by atoms with Crippen LogP contribution in [0.5, 0.6) is 5.75 Å². The smallest absolute Gasteiger partial charge is 0.136 e. The van der Waals surface area contributed by atoms with Crippen LogP contribution in [0.2, 0.25) is 0 Å². The molecule has 80 valence electrons. The summed E-state index contributed by atoms with van der Waals surface area (Å²) in [6.45, 7) is 1.87. The van der Waals surface area contributed by atoms with Crippen molar-refractivity contribution in [3.05, 3.63) is 29.6 Å². The quantitative estimate of drug-likeness (QED) is 0.746. The molecule has 0 spiro atoms. The van der Waals surface area contributed by atoms with E-state index < -0.39 is 0 Å². The zero-order chi connectivity index (χ0) is 10.8.